The Morgan fingerprint density at radius 1 is 1.50 bits per heavy atom. The molecule has 0 heterocycles. The lowest BCUT2D eigenvalue weighted by atomic mass is 10.2. The molecule has 0 atom stereocenters. The SMILES string of the molecule is [2H][C]([2H])C([2H])([2H])C([2H])([2H])OS(=O)(=O)c1ccc(C)cc1. The summed E-state index contributed by atoms with van der Waals surface area (Å²) in [7, 11) is -4.55. The minimum Gasteiger partial charge on any atom is -0.266 e. The summed E-state index contributed by atoms with van der Waals surface area (Å²) in [4.78, 5) is -0.334. The van der Waals surface area contributed by atoms with Gasteiger partial charge in [0.05, 0.1) is 14.2 Å². The van der Waals surface area contributed by atoms with Crippen LogP contribution in [0.1, 0.15) is 20.2 Å². The van der Waals surface area contributed by atoms with E-state index in [1.54, 1.807) is 6.92 Å². The van der Waals surface area contributed by atoms with Crippen molar-refractivity contribution in [2.24, 2.45) is 0 Å². The number of benzene rings is 1. The summed E-state index contributed by atoms with van der Waals surface area (Å²) in [6.07, 6.45) is -3.19. The number of aryl methyl sites for hydroxylation is 1. The minimum absolute atomic E-state index is 0.334. The first-order valence-electron chi connectivity index (χ1n) is 6.73. The van der Waals surface area contributed by atoms with E-state index in [0.717, 1.165) is 5.56 Å². The van der Waals surface area contributed by atoms with Gasteiger partial charge in [0.1, 0.15) is 0 Å². The summed E-state index contributed by atoms with van der Waals surface area (Å²) in [5.74, 6) is 0. The summed E-state index contributed by atoms with van der Waals surface area (Å²) in [5.41, 5.74) is 0.787. The van der Waals surface area contributed by atoms with E-state index in [9.17, 15) is 8.42 Å². The molecule has 0 amide bonds. The average molecular weight is 219 g/mol. The molecular formula is C10H13O3S. The van der Waals surface area contributed by atoms with Gasteiger partial charge in [-0.25, -0.2) is 0 Å². The van der Waals surface area contributed by atoms with Crippen molar-refractivity contribution < 1.29 is 20.8 Å². The first-order valence-corrected chi connectivity index (χ1v) is 5.14. The summed E-state index contributed by atoms with van der Waals surface area (Å²) < 4.78 is 70.9. The zero-order valence-electron chi connectivity index (χ0n) is 13.4. The largest absolute Gasteiger partial charge is 0.296 e. The molecule has 0 N–H and O–H groups in total. The predicted octanol–water partition coefficient (Wildman–Crippen LogP) is 1.92. The molecule has 0 aliphatic heterocycles. The molecule has 1 rings (SSSR count). The topological polar surface area (TPSA) is 43.4 Å². The van der Waals surface area contributed by atoms with E-state index < -0.39 is 29.9 Å². The molecule has 4 heteroatoms. The van der Waals surface area contributed by atoms with E-state index in [0.29, 0.717) is 0 Å². The van der Waals surface area contributed by atoms with Crippen LogP contribution in [0.4, 0.5) is 0 Å². The summed E-state index contributed by atoms with van der Waals surface area (Å²) in [6.45, 7) is -3.05. The molecule has 0 bridgehead atoms. The van der Waals surface area contributed by atoms with Gasteiger partial charge in [0, 0.05) is 5.48 Å². The first-order chi connectivity index (χ1) is 8.90. The standard InChI is InChI=1S/C10H13O3S/c1-3-8-13-14(11,12)10-6-4-9(2)5-7-10/h4-7H,1,3,8H2,2H3/i1D2,3D2,8D2. The van der Waals surface area contributed by atoms with Crippen molar-refractivity contribution in [3.8, 4) is 0 Å². The van der Waals surface area contributed by atoms with E-state index >= 15 is 0 Å². The highest BCUT2D eigenvalue weighted by Crippen LogP contribution is 2.13. The number of hydrogen-bond donors (Lipinski definition) is 0. The Hall–Kier alpha value is -0.870. The molecule has 1 aromatic carbocycles. The zero-order chi connectivity index (χ0) is 15.8. The predicted molar refractivity (Wildman–Crippen MR) is 54.3 cm³/mol. The molecule has 0 aromatic heterocycles. The molecule has 0 spiro atoms. The van der Waals surface area contributed by atoms with Crippen molar-refractivity contribution in [2.75, 3.05) is 6.56 Å². The lowest BCUT2D eigenvalue weighted by Gasteiger charge is -2.04. The van der Waals surface area contributed by atoms with Crippen LogP contribution in [-0.4, -0.2) is 15.0 Å². The minimum atomic E-state index is -4.55. The Labute approximate surface area is 93.3 Å². The van der Waals surface area contributed by atoms with E-state index in [2.05, 4.69) is 4.18 Å². The number of hydrogen-bond acceptors (Lipinski definition) is 3. The Morgan fingerprint density at radius 3 is 2.71 bits per heavy atom. The second kappa shape index (κ2) is 4.57. The van der Waals surface area contributed by atoms with E-state index in [4.69, 9.17) is 8.22 Å². The third kappa shape index (κ3) is 2.82. The molecule has 14 heavy (non-hydrogen) atoms. The van der Waals surface area contributed by atoms with Gasteiger partial charge in [0.25, 0.3) is 10.1 Å². The highest BCUT2D eigenvalue weighted by atomic mass is 32.2. The van der Waals surface area contributed by atoms with Gasteiger partial charge < -0.3 is 0 Å². The van der Waals surface area contributed by atoms with E-state index in [1.807, 2.05) is 0 Å². The van der Waals surface area contributed by atoms with Gasteiger partial charge in [-0.1, -0.05) is 24.6 Å². The number of rotatable bonds is 5. The Kier molecular flexibility index (Phi) is 1.72. The van der Waals surface area contributed by atoms with Gasteiger partial charge in [-0.05, 0) is 25.4 Å². The molecule has 1 aromatic rings. The smallest absolute Gasteiger partial charge is 0.266 e. The van der Waals surface area contributed by atoms with Crippen LogP contribution in [0.25, 0.3) is 0 Å². The van der Waals surface area contributed by atoms with Gasteiger partial charge in [-0.15, -0.1) is 0 Å². The Balaban J connectivity index is 3.10. The second-order valence-corrected chi connectivity index (χ2v) is 4.12. The molecular weight excluding hydrogens is 200 g/mol. The van der Waals surface area contributed by atoms with Crippen molar-refractivity contribution in [1.29, 1.82) is 0 Å². The maximum atomic E-state index is 11.9. The highest BCUT2D eigenvalue weighted by molar-refractivity contribution is 7.86. The molecule has 0 unspecified atom stereocenters. The summed E-state index contributed by atoms with van der Waals surface area (Å²) >= 11 is 0. The van der Waals surface area contributed by atoms with Crippen LogP contribution in [0.3, 0.4) is 0 Å². The van der Waals surface area contributed by atoms with Crippen molar-refractivity contribution in [3.05, 3.63) is 36.7 Å². The van der Waals surface area contributed by atoms with Crippen molar-refractivity contribution in [1.82, 2.24) is 0 Å². The first kappa shape index (κ1) is 5.28. The normalized spacial score (nSPS) is 20.1. The fraction of sp³-hybridized carbons (Fsp3) is 0.300. The van der Waals surface area contributed by atoms with Crippen molar-refractivity contribution in [3.63, 3.8) is 0 Å². The van der Waals surface area contributed by atoms with Gasteiger partial charge in [0.2, 0.25) is 0 Å². The lowest BCUT2D eigenvalue weighted by molar-refractivity contribution is 0.324. The van der Waals surface area contributed by atoms with E-state index in [-0.39, 0.29) is 4.90 Å². The zero-order valence-corrected chi connectivity index (χ0v) is 8.26. The monoisotopic (exact) mass is 219 g/mol. The van der Waals surface area contributed by atoms with E-state index in [1.165, 1.54) is 24.3 Å². The van der Waals surface area contributed by atoms with Gasteiger partial charge in [-0.2, -0.15) is 8.42 Å². The second-order valence-electron chi connectivity index (χ2n) is 2.58. The molecule has 0 aliphatic rings. The van der Waals surface area contributed by atoms with Crippen LogP contribution in [0, 0.1) is 13.8 Å². The molecule has 0 aliphatic carbocycles. The fourth-order valence-corrected chi connectivity index (χ4v) is 1.55. The van der Waals surface area contributed by atoms with Crippen LogP contribution in [-0.2, 0) is 14.3 Å². The highest BCUT2D eigenvalue weighted by Gasteiger charge is 2.13. The van der Waals surface area contributed by atoms with Crippen LogP contribution in [0.5, 0.6) is 0 Å². The maximum absolute atomic E-state index is 11.9. The molecule has 0 saturated heterocycles. The van der Waals surface area contributed by atoms with Crippen molar-refractivity contribution >= 4 is 10.1 Å². The molecule has 0 fully saturated rings. The van der Waals surface area contributed by atoms with Crippen LogP contribution in [0.2, 0.25) is 0 Å². The third-order valence-electron chi connectivity index (χ3n) is 1.51. The van der Waals surface area contributed by atoms with Crippen LogP contribution in [0.15, 0.2) is 29.2 Å². The molecule has 0 saturated carbocycles. The van der Waals surface area contributed by atoms with Crippen molar-refractivity contribution in [2.45, 2.75) is 18.2 Å². The Morgan fingerprint density at radius 2 is 2.14 bits per heavy atom. The molecule has 1 radical (unpaired) electrons. The van der Waals surface area contributed by atoms with Crippen LogP contribution >= 0.6 is 0 Å². The summed E-state index contributed by atoms with van der Waals surface area (Å²) in [5, 5.41) is 0. The van der Waals surface area contributed by atoms with Crippen LogP contribution < -0.4 is 0 Å². The third-order valence-corrected chi connectivity index (χ3v) is 2.66. The van der Waals surface area contributed by atoms with Gasteiger partial charge in [-0.3, -0.25) is 4.18 Å². The average Bonchev–Trinajstić information content (AvgIpc) is 2.27. The quantitative estimate of drug-likeness (QED) is 0.711. The fourth-order valence-electron chi connectivity index (χ4n) is 0.829. The van der Waals surface area contributed by atoms with Gasteiger partial charge in [0.15, 0.2) is 0 Å². The maximum Gasteiger partial charge on any atom is 0.296 e. The summed E-state index contributed by atoms with van der Waals surface area (Å²) in [6, 6.07) is 5.35. The molecule has 3 nitrogen and oxygen atoms in total. The lowest BCUT2D eigenvalue weighted by Crippen LogP contribution is -2.06. The molecule has 77 valence electrons. The Bertz CT molecular complexity index is 567. The van der Waals surface area contributed by atoms with Gasteiger partial charge >= 0.3 is 0 Å².